The van der Waals surface area contributed by atoms with Gasteiger partial charge in [-0.2, -0.15) is 0 Å². The summed E-state index contributed by atoms with van der Waals surface area (Å²) in [7, 11) is 0. The van der Waals surface area contributed by atoms with Crippen LogP contribution in [-0.2, 0) is 4.79 Å². The number of amides is 1. The fourth-order valence-corrected chi connectivity index (χ4v) is 3.08. The summed E-state index contributed by atoms with van der Waals surface area (Å²) < 4.78 is 0. The first kappa shape index (κ1) is 15.8. The van der Waals surface area contributed by atoms with E-state index in [1.807, 2.05) is 6.92 Å². The van der Waals surface area contributed by atoms with E-state index in [0.717, 1.165) is 37.7 Å². The van der Waals surface area contributed by atoms with Crippen LogP contribution in [0.1, 0.15) is 48.0 Å². The molecule has 1 saturated carbocycles. The van der Waals surface area contributed by atoms with Crippen molar-refractivity contribution in [2.45, 2.75) is 45.1 Å². The van der Waals surface area contributed by atoms with Gasteiger partial charge in [-0.05, 0) is 43.4 Å². The van der Waals surface area contributed by atoms with Crippen molar-refractivity contribution in [3.8, 4) is 0 Å². The summed E-state index contributed by atoms with van der Waals surface area (Å²) in [6, 6.07) is 4.22. The molecule has 1 aliphatic carbocycles. The second-order valence-corrected chi connectivity index (χ2v) is 6.08. The summed E-state index contributed by atoms with van der Waals surface area (Å²) in [6.45, 7) is 1.81. The Kier molecular flexibility index (Phi) is 5.23. The van der Waals surface area contributed by atoms with Crippen molar-refractivity contribution >= 4 is 23.5 Å². The Balaban J connectivity index is 2.14. The summed E-state index contributed by atoms with van der Waals surface area (Å²) in [5.41, 5.74) is 1.22. The maximum absolute atomic E-state index is 12.3. The Bertz CT molecular complexity index is 538. The molecule has 2 rings (SSSR count). The van der Waals surface area contributed by atoms with Crippen LogP contribution in [0.4, 0.5) is 0 Å². The lowest BCUT2D eigenvalue weighted by Crippen LogP contribution is -2.46. The van der Waals surface area contributed by atoms with E-state index in [1.165, 1.54) is 0 Å². The van der Waals surface area contributed by atoms with Crippen molar-refractivity contribution in [3.63, 3.8) is 0 Å². The van der Waals surface area contributed by atoms with Gasteiger partial charge in [0, 0.05) is 10.6 Å². The second-order valence-electron chi connectivity index (χ2n) is 5.65. The van der Waals surface area contributed by atoms with Gasteiger partial charge in [0.2, 0.25) is 0 Å². The van der Waals surface area contributed by atoms with Crippen LogP contribution >= 0.6 is 11.6 Å². The molecule has 0 aromatic heterocycles. The predicted molar refractivity (Wildman–Crippen MR) is 81.7 cm³/mol. The first-order valence-corrected chi connectivity index (χ1v) is 7.66. The van der Waals surface area contributed by atoms with E-state index in [9.17, 15) is 14.7 Å². The number of aliphatic carboxylic acids is 1. The highest BCUT2D eigenvalue weighted by Gasteiger charge is 2.31. The minimum absolute atomic E-state index is 0.0136. The number of rotatable bonds is 4. The fourth-order valence-electron chi connectivity index (χ4n) is 2.91. The van der Waals surface area contributed by atoms with Gasteiger partial charge in [0.05, 0.1) is 0 Å². The molecule has 1 atom stereocenters. The Morgan fingerprint density at radius 2 is 1.95 bits per heavy atom. The maximum atomic E-state index is 12.3. The van der Waals surface area contributed by atoms with E-state index in [2.05, 4.69) is 5.32 Å². The Labute approximate surface area is 129 Å². The maximum Gasteiger partial charge on any atom is 0.326 e. The lowest BCUT2D eigenvalue weighted by Gasteiger charge is -2.28. The van der Waals surface area contributed by atoms with Crippen LogP contribution in [0.25, 0.3) is 0 Å². The van der Waals surface area contributed by atoms with E-state index in [0.29, 0.717) is 10.6 Å². The molecule has 114 valence electrons. The molecule has 1 aromatic rings. The molecular weight excluding hydrogens is 290 g/mol. The highest BCUT2D eigenvalue weighted by Crippen LogP contribution is 2.27. The van der Waals surface area contributed by atoms with Crippen LogP contribution in [0.15, 0.2) is 18.2 Å². The zero-order valence-electron chi connectivity index (χ0n) is 12.1. The van der Waals surface area contributed by atoms with Crippen LogP contribution in [0.5, 0.6) is 0 Å². The number of nitrogens with one attached hydrogen (secondary N) is 1. The third kappa shape index (κ3) is 3.97. The largest absolute Gasteiger partial charge is 0.480 e. The van der Waals surface area contributed by atoms with Gasteiger partial charge in [0.15, 0.2) is 0 Å². The SMILES string of the molecule is Cc1ccc(Cl)cc1C(=O)NC(C(=O)O)C1CCCCC1. The first-order chi connectivity index (χ1) is 9.99. The number of aryl methyl sites for hydroxylation is 1. The van der Waals surface area contributed by atoms with Crippen molar-refractivity contribution in [1.82, 2.24) is 5.32 Å². The van der Waals surface area contributed by atoms with Gasteiger partial charge >= 0.3 is 5.97 Å². The second kappa shape index (κ2) is 6.94. The lowest BCUT2D eigenvalue weighted by molar-refractivity contribution is -0.141. The average molecular weight is 310 g/mol. The van der Waals surface area contributed by atoms with Crippen LogP contribution in [0.3, 0.4) is 0 Å². The number of halogens is 1. The molecule has 21 heavy (non-hydrogen) atoms. The molecule has 0 spiro atoms. The first-order valence-electron chi connectivity index (χ1n) is 7.29. The number of carboxylic acid groups (broad SMARTS) is 1. The minimum Gasteiger partial charge on any atom is -0.480 e. The molecule has 1 fully saturated rings. The molecule has 2 N–H and O–H groups in total. The van der Waals surface area contributed by atoms with Crippen molar-refractivity contribution in [3.05, 3.63) is 34.3 Å². The van der Waals surface area contributed by atoms with Crippen LogP contribution in [0.2, 0.25) is 5.02 Å². The third-order valence-electron chi connectivity index (χ3n) is 4.12. The normalized spacial score (nSPS) is 17.2. The number of hydrogen-bond donors (Lipinski definition) is 2. The van der Waals surface area contributed by atoms with Crippen molar-refractivity contribution in [2.24, 2.45) is 5.92 Å². The van der Waals surface area contributed by atoms with Gasteiger partial charge in [0.1, 0.15) is 6.04 Å². The lowest BCUT2D eigenvalue weighted by atomic mass is 9.83. The number of carbonyl (C=O) groups excluding carboxylic acids is 1. The van der Waals surface area contributed by atoms with Crippen LogP contribution in [0, 0.1) is 12.8 Å². The van der Waals surface area contributed by atoms with Gasteiger partial charge in [-0.1, -0.05) is 36.9 Å². The van der Waals surface area contributed by atoms with Crippen molar-refractivity contribution < 1.29 is 14.7 Å². The van der Waals surface area contributed by atoms with Crippen LogP contribution in [-0.4, -0.2) is 23.0 Å². The van der Waals surface area contributed by atoms with E-state index < -0.39 is 12.0 Å². The summed E-state index contributed by atoms with van der Waals surface area (Å²) in [6.07, 6.45) is 4.91. The van der Waals surface area contributed by atoms with Gasteiger partial charge in [-0.3, -0.25) is 4.79 Å². The molecule has 5 heteroatoms. The standard InChI is InChI=1S/C16H20ClNO3/c1-10-7-8-12(17)9-13(10)15(19)18-14(16(20)21)11-5-3-2-4-6-11/h7-9,11,14H,2-6H2,1H3,(H,18,19)(H,20,21). The summed E-state index contributed by atoms with van der Waals surface area (Å²) in [5.74, 6) is -1.32. The van der Waals surface area contributed by atoms with Gasteiger partial charge in [-0.25, -0.2) is 4.79 Å². The molecule has 0 radical (unpaired) electrons. The molecule has 1 amide bonds. The van der Waals surface area contributed by atoms with Gasteiger partial charge in [-0.15, -0.1) is 0 Å². The Morgan fingerprint density at radius 1 is 1.29 bits per heavy atom. The van der Waals surface area contributed by atoms with Gasteiger partial charge in [0.25, 0.3) is 5.91 Å². The van der Waals surface area contributed by atoms with Crippen molar-refractivity contribution in [1.29, 1.82) is 0 Å². The molecule has 4 nitrogen and oxygen atoms in total. The molecule has 0 heterocycles. The smallest absolute Gasteiger partial charge is 0.326 e. The quantitative estimate of drug-likeness (QED) is 0.895. The Hall–Kier alpha value is -1.55. The summed E-state index contributed by atoms with van der Waals surface area (Å²) in [4.78, 5) is 23.8. The highest BCUT2D eigenvalue weighted by atomic mass is 35.5. The minimum atomic E-state index is -0.963. The number of carbonyl (C=O) groups is 2. The van der Waals surface area contributed by atoms with E-state index >= 15 is 0 Å². The number of carboxylic acids is 1. The van der Waals surface area contributed by atoms with Crippen LogP contribution < -0.4 is 5.32 Å². The molecule has 1 unspecified atom stereocenters. The predicted octanol–water partition coefficient (Wildman–Crippen LogP) is 3.41. The fraction of sp³-hybridized carbons (Fsp3) is 0.500. The number of hydrogen-bond acceptors (Lipinski definition) is 2. The van der Waals surface area contributed by atoms with E-state index in [1.54, 1.807) is 18.2 Å². The number of benzene rings is 1. The molecule has 0 saturated heterocycles. The molecule has 1 aromatic carbocycles. The van der Waals surface area contributed by atoms with E-state index in [-0.39, 0.29) is 11.8 Å². The monoisotopic (exact) mass is 309 g/mol. The molecular formula is C16H20ClNO3. The van der Waals surface area contributed by atoms with E-state index in [4.69, 9.17) is 11.6 Å². The summed E-state index contributed by atoms with van der Waals surface area (Å²) >= 11 is 5.91. The molecule has 1 aliphatic rings. The highest BCUT2D eigenvalue weighted by molar-refractivity contribution is 6.31. The molecule has 0 bridgehead atoms. The Morgan fingerprint density at radius 3 is 2.57 bits per heavy atom. The third-order valence-corrected chi connectivity index (χ3v) is 4.35. The van der Waals surface area contributed by atoms with Crippen molar-refractivity contribution in [2.75, 3.05) is 0 Å². The zero-order valence-corrected chi connectivity index (χ0v) is 12.8. The molecule has 0 aliphatic heterocycles. The summed E-state index contributed by atoms with van der Waals surface area (Å²) in [5, 5.41) is 12.5. The zero-order chi connectivity index (χ0) is 15.4. The average Bonchev–Trinajstić information content (AvgIpc) is 2.47. The topological polar surface area (TPSA) is 66.4 Å². The van der Waals surface area contributed by atoms with Gasteiger partial charge < -0.3 is 10.4 Å².